The van der Waals surface area contributed by atoms with Gasteiger partial charge in [0.25, 0.3) is 0 Å². The maximum absolute atomic E-state index is 10.5. The lowest BCUT2D eigenvalue weighted by Crippen LogP contribution is -2.58. The molecule has 6 atom stereocenters. The van der Waals surface area contributed by atoms with Gasteiger partial charge in [0.15, 0.2) is 0 Å². The van der Waals surface area contributed by atoms with Crippen LogP contribution in [0.3, 0.4) is 0 Å². The summed E-state index contributed by atoms with van der Waals surface area (Å²) in [4.78, 5) is 0. The van der Waals surface area contributed by atoms with Crippen molar-refractivity contribution < 1.29 is 10.2 Å². The van der Waals surface area contributed by atoms with E-state index in [0.717, 1.165) is 25.7 Å². The van der Waals surface area contributed by atoms with E-state index in [1.54, 1.807) is 5.57 Å². The van der Waals surface area contributed by atoms with Crippen LogP contribution in [0.1, 0.15) is 59.3 Å². The monoisotopic (exact) mass is 304 g/mol. The van der Waals surface area contributed by atoms with E-state index in [9.17, 15) is 10.2 Å². The number of hydrogen-bond acceptors (Lipinski definition) is 2. The van der Waals surface area contributed by atoms with Crippen molar-refractivity contribution in [3.05, 3.63) is 24.3 Å². The Morgan fingerprint density at radius 2 is 1.95 bits per heavy atom. The molecule has 0 radical (unpaired) electrons. The van der Waals surface area contributed by atoms with Gasteiger partial charge in [0.2, 0.25) is 0 Å². The van der Waals surface area contributed by atoms with Gasteiger partial charge >= 0.3 is 0 Å². The van der Waals surface area contributed by atoms with Gasteiger partial charge in [-0.2, -0.15) is 0 Å². The first-order valence-electron chi connectivity index (χ1n) is 8.93. The van der Waals surface area contributed by atoms with Crippen LogP contribution in [-0.4, -0.2) is 22.9 Å². The van der Waals surface area contributed by atoms with Gasteiger partial charge in [0.05, 0.1) is 12.7 Å². The highest BCUT2D eigenvalue weighted by atomic mass is 16.3. The van der Waals surface area contributed by atoms with E-state index >= 15 is 0 Å². The summed E-state index contributed by atoms with van der Waals surface area (Å²) >= 11 is 0. The van der Waals surface area contributed by atoms with Gasteiger partial charge in [-0.3, -0.25) is 0 Å². The Labute approximate surface area is 135 Å². The molecule has 0 heterocycles. The average molecular weight is 304 g/mol. The lowest BCUT2D eigenvalue weighted by atomic mass is 9.44. The third-order valence-corrected chi connectivity index (χ3v) is 7.57. The molecule has 0 aliphatic heterocycles. The van der Waals surface area contributed by atoms with E-state index in [2.05, 4.69) is 39.5 Å². The summed E-state index contributed by atoms with van der Waals surface area (Å²) in [7, 11) is 0. The van der Waals surface area contributed by atoms with Crippen LogP contribution in [0.15, 0.2) is 24.3 Å². The maximum atomic E-state index is 10.5. The fourth-order valence-electron chi connectivity index (χ4n) is 5.94. The van der Waals surface area contributed by atoms with Gasteiger partial charge in [0, 0.05) is 10.8 Å². The molecule has 0 amide bonds. The molecule has 3 rings (SSSR count). The van der Waals surface area contributed by atoms with Crippen molar-refractivity contribution in [1.29, 1.82) is 0 Å². The molecule has 2 nitrogen and oxygen atoms in total. The molecule has 2 fully saturated rings. The van der Waals surface area contributed by atoms with Crippen molar-refractivity contribution in [2.45, 2.75) is 65.4 Å². The van der Waals surface area contributed by atoms with Crippen LogP contribution < -0.4 is 0 Å². The summed E-state index contributed by atoms with van der Waals surface area (Å²) < 4.78 is 0. The molecular formula is C20H32O2. The minimum absolute atomic E-state index is 0.102. The van der Waals surface area contributed by atoms with Crippen molar-refractivity contribution in [3.63, 3.8) is 0 Å². The van der Waals surface area contributed by atoms with E-state index < -0.39 is 0 Å². The van der Waals surface area contributed by atoms with Crippen molar-refractivity contribution in [3.8, 4) is 0 Å². The van der Waals surface area contributed by atoms with Gasteiger partial charge in [-0.25, -0.2) is 0 Å². The lowest BCUT2D eigenvalue weighted by Gasteiger charge is -2.61. The fourth-order valence-corrected chi connectivity index (χ4v) is 5.94. The quantitative estimate of drug-likeness (QED) is 0.755. The molecule has 0 saturated heterocycles. The number of aliphatic hydroxyl groups excluding tert-OH is 2. The van der Waals surface area contributed by atoms with Gasteiger partial charge in [-0.1, -0.05) is 38.5 Å². The largest absolute Gasteiger partial charge is 0.396 e. The first-order chi connectivity index (χ1) is 10.3. The second-order valence-electron chi connectivity index (χ2n) is 8.84. The zero-order valence-electron chi connectivity index (χ0n) is 14.4. The number of fused-ring (bicyclic) bond motifs is 3. The maximum Gasteiger partial charge on any atom is 0.0618 e. The SMILES string of the molecule is C=C[C@@]1(C)C=C2CC[C@H]3[C@@](C)(CO)[C@H](O)CC[C@@]3(C)[C@@H]2CC1. The molecule has 0 bridgehead atoms. The Bertz CT molecular complexity index is 496. The summed E-state index contributed by atoms with van der Waals surface area (Å²) in [5.74, 6) is 1.04. The Hall–Kier alpha value is -0.600. The fraction of sp³-hybridized carbons (Fsp3) is 0.800. The minimum Gasteiger partial charge on any atom is -0.396 e. The van der Waals surface area contributed by atoms with Crippen molar-refractivity contribution in [2.24, 2.45) is 28.1 Å². The van der Waals surface area contributed by atoms with E-state index in [4.69, 9.17) is 0 Å². The summed E-state index contributed by atoms with van der Waals surface area (Å²) in [6.45, 7) is 10.9. The molecule has 0 unspecified atom stereocenters. The second-order valence-corrected chi connectivity index (χ2v) is 8.84. The number of allylic oxidation sites excluding steroid dienone is 3. The van der Waals surface area contributed by atoms with Crippen LogP contribution in [-0.2, 0) is 0 Å². The van der Waals surface area contributed by atoms with E-state index in [-0.39, 0.29) is 29.0 Å². The first kappa shape index (κ1) is 16.3. The predicted octanol–water partition coefficient (Wildman–Crippen LogP) is 4.08. The zero-order chi connectivity index (χ0) is 16.2. The molecular weight excluding hydrogens is 272 g/mol. The molecule has 3 aliphatic rings. The predicted molar refractivity (Wildman–Crippen MR) is 90.4 cm³/mol. The number of rotatable bonds is 2. The van der Waals surface area contributed by atoms with Crippen molar-refractivity contribution >= 4 is 0 Å². The molecule has 2 N–H and O–H groups in total. The topological polar surface area (TPSA) is 40.5 Å². The van der Waals surface area contributed by atoms with Crippen molar-refractivity contribution in [1.82, 2.24) is 0 Å². The smallest absolute Gasteiger partial charge is 0.0618 e. The molecule has 0 spiro atoms. The molecule has 2 saturated carbocycles. The third kappa shape index (κ3) is 2.14. The Kier molecular flexibility index (Phi) is 3.85. The van der Waals surface area contributed by atoms with Gasteiger partial charge in [0.1, 0.15) is 0 Å². The van der Waals surface area contributed by atoms with Crippen molar-refractivity contribution in [2.75, 3.05) is 6.61 Å². The number of hydrogen-bond donors (Lipinski definition) is 2. The highest BCUT2D eigenvalue weighted by Gasteiger charge is 2.58. The van der Waals surface area contributed by atoms with Crippen LogP contribution in [0.4, 0.5) is 0 Å². The van der Waals surface area contributed by atoms with E-state index in [1.807, 2.05) is 0 Å². The summed E-state index contributed by atoms with van der Waals surface area (Å²) in [6, 6.07) is 0. The minimum atomic E-state index is -0.358. The van der Waals surface area contributed by atoms with Crippen LogP contribution in [0, 0.1) is 28.1 Å². The molecule has 22 heavy (non-hydrogen) atoms. The third-order valence-electron chi connectivity index (χ3n) is 7.57. The van der Waals surface area contributed by atoms with Crippen LogP contribution in [0.25, 0.3) is 0 Å². The molecule has 2 heteroatoms. The normalized spacial score (nSPS) is 51.5. The Balaban J connectivity index is 1.98. The highest BCUT2D eigenvalue weighted by molar-refractivity contribution is 5.27. The summed E-state index contributed by atoms with van der Waals surface area (Å²) in [5.41, 5.74) is 1.66. The molecule has 0 aromatic heterocycles. The zero-order valence-corrected chi connectivity index (χ0v) is 14.4. The standard InChI is InChI=1S/C20H32O2/c1-5-18(2)10-8-15-14(12-18)6-7-16-19(15,3)11-9-17(22)20(16,4)13-21/h5,12,15-17,21-22H,1,6-11,13H2,2-4H3/t15-,16-,17-,18-,19+,20-/m1/s1. The van der Waals surface area contributed by atoms with Crippen LogP contribution in [0.5, 0.6) is 0 Å². The summed E-state index contributed by atoms with van der Waals surface area (Å²) in [5, 5.41) is 20.5. The van der Waals surface area contributed by atoms with Crippen LogP contribution >= 0.6 is 0 Å². The van der Waals surface area contributed by atoms with E-state index in [0.29, 0.717) is 11.8 Å². The van der Waals surface area contributed by atoms with Gasteiger partial charge in [-0.15, -0.1) is 6.58 Å². The first-order valence-corrected chi connectivity index (χ1v) is 8.93. The second kappa shape index (κ2) is 5.21. The number of aliphatic hydroxyl groups is 2. The highest BCUT2D eigenvalue weighted by Crippen LogP contribution is 2.63. The lowest BCUT2D eigenvalue weighted by molar-refractivity contribution is -0.153. The Morgan fingerprint density at radius 3 is 2.59 bits per heavy atom. The molecule has 3 aliphatic carbocycles. The Morgan fingerprint density at radius 1 is 1.23 bits per heavy atom. The molecule has 0 aromatic rings. The summed E-state index contributed by atoms with van der Waals surface area (Å²) in [6.07, 6.45) is 10.8. The molecule has 124 valence electrons. The van der Waals surface area contributed by atoms with Gasteiger partial charge in [-0.05, 0) is 55.8 Å². The van der Waals surface area contributed by atoms with Crippen LogP contribution in [0.2, 0.25) is 0 Å². The molecule has 0 aromatic carbocycles. The van der Waals surface area contributed by atoms with E-state index in [1.165, 1.54) is 12.8 Å². The van der Waals surface area contributed by atoms with Gasteiger partial charge < -0.3 is 10.2 Å². The average Bonchev–Trinajstić information content (AvgIpc) is 2.51.